The zero-order valence-corrected chi connectivity index (χ0v) is 14.2. The molecule has 118 valence electrons. The molecule has 0 amide bonds. The molecule has 2 rings (SSSR count). The normalized spacial score (nSPS) is 11.9. The summed E-state index contributed by atoms with van der Waals surface area (Å²) in [5.74, 6) is 0. The van der Waals surface area contributed by atoms with E-state index in [4.69, 9.17) is 11.6 Å². The lowest BCUT2D eigenvalue weighted by molar-refractivity contribution is 0.569. The fourth-order valence-corrected chi connectivity index (χ4v) is 3.79. The first kappa shape index (κ1) is 16.9. The molecule has 1 heterocycles. The minimum Gasteiger partial charge on any atom is -0.209 e. The number of nitrogens with zero attached hydrogens (tertiary/aromatic N) is 2. The van der Waals surface area contributed by atoms with Gasteiger partial charge in [0.2, 0.25) is 10.0 Å². The van der Waals surface area contributed by atoms with Gasteiger partial charge in [-0.1, -0.05) is 30.7 Å². The smallest absolute Gasteiger partial charge is 0.209 e. The lowest BCUT2D eigenvalue weighted by Crippen LogP contribution is -2.31. The molecular formula is C15H18ClN3O2S. The van der Waals surface area contributed by atoms with E-state index >= 15 is 0 Å². The first-order valence-electron chi connectivity index (χ1n) is 6.98. The SMILES string of the molecule is CCc1ccc(-c2ccc(Cl)nn2)cc1S(=O)(=O)NC(C)C. The molecule has 2 aromatic rings. The van der Waals surface area contributed by atoms with Gasteiger partial charge >= 0.3 is 0 Å². The summed E-state index contributed by atoms with van der Waals surface area (Å²) in [7, 11) is -3.57. The average Bonchev–Trinajstić information content (AvgIpc) is 2.46. The fourth-order valence-electron chi connectivity index (χ4n) is 2.10. The molecule has 0 radical (unpaired) electrons. The van der Waals surface area contributed by atoms with Crippen LogP contribution in [-0.2, 0) is 16.4 Å². The van der Waals surface area contributed by atoms with Crippen LogP contribution in [0.15, 0.2) is 35.2 Å². The number of sulfonamides is 1. The van der Waals surface area contributed by atoms with Gasteiger partial charge in [0.1, 0.15) is 0 Å². The molecule has 0 aliphatic rings. The molecule has 0 bridgehead atoms. The Morgan fingerprint density at radius 1 is 1.18 bits per heavy atom. The topological polar surface area (TPSA) is 72.0 Å². The van der Waals surface area contributed by atoms with Crippen molar-refractivity contribution in [3.8, 4) is 11.3 Å². The van der Waals surface area contributed by atoms with E-state index < -0.39 is 10.0 Å². The van der Waals surface area contributed by atoms with Crippen molar-refractivity contribution >= 4 is 21.6 Å². The predicted octanol–water partition coefficient (Wildman–Crippen LogP) is 3.05. The molecular weight excluding hydrogens is 322 g/mol. The van der Waals surface area contributed by atoms with E-state index in [1.807, 2.05) is 13.0 Å². The van der Waals surface area contributed by atoms with Gasteiger partial charge in [-0.25, -0.2) is 13.1 Å². The Morgan fingerprint density at radius 3 is 2.45 bits per heavy atom. The molecule has 7 heteroatoms. The van der Waals surface area contributed by atoms with E-state index in [0.717, 1.165) is 5.56 Å². The summed E-state index contributed by atoms with van der Waals surface area (Å²) in [5.41, 5.74) is 2.03. The Bertz CT molecular complexity index is 759. The average molecular weight is 340 g/mol. The highest BCUT2D eigenvalue weighted by molar-refractivity contribution is 7.89. The predicted molar refractivity (Wildman–Crippen MR) is 87.3 cm³/mol. The summed E-state index contributed by atoms with van der Waals surface area (Å²) in [6.45, 7) is 5.50. The third-order valence-corrected chi connectivity index (χ3v) is 5.00. The second-order valence-electron chi connectivity index (χ2n) is 5.19. The molecule has 0 saturated heterocycles. The number of aryl methyl sites for hydroxylation is 1. The highest BCUT2D eigenvalue weighted by Crippen LogP contribution is 2.25. The van der Waals surface area contributed by atoms with Crippen LogP contribution in [0.25, 0.3) is 11.3 Å². The number of nitrogens with one attached hydrogen (secondary N) is 1. The van der Waals surface area contributed by atoms with Crippen molar-refractivity contribution in [3.63, 3.8) is 0 Å². The quantitative estimate of drug-likeness (QED) is 0.908. The molecule has 5 nitrogen and oxygen atoms in total. The van der Waals surface area contributed by atoms with Gasteiger partial charge in [0.05, 0.1) is 10.6 Å². The van der Waals surface area contributed by atoms with Gasteiger partial charge in [0, 0.05) is 11.6 Å². The van der Waals surface area contributed by atoms with Crippen molar-refractivity contribution < 1.29 is 8.42 Å². The van der Waals surface area contributed by atoms with Crippen LogP contribution in [0.4, 0.5) is 0 Å². The molecule has 1 N–H and O–H groups in total. The van der Waals surface area contributed by atoms with E-state index in [-0.39, 0.29) is 10.9 Å². The molecule has 0 unspecified atom stereocenters. The van der Waals surface area contributed by atoms with Crippen LogP contribution in [0.5, 0.6) is 0 Å². The zero-order chi connectivity index (χ0) is 16.3. The van der Waals surface area contributed by atoms with E-state index in [1.165, 1.54) is 0 Å². The van der Waals surface area contributed by atoms with Gasteiger partial charge in [-0.05, 0) is 44.0 Å². The Labute approximate surface area is 135 Å². The minimum atomic E-state index is -3.57. The van der Waals surface area contributed by atoms with E-state index in [2.05, 4.69) is 14.9 Å². The largest absolute Gasteiger partial charge is 0.241 e. The fraction of sp³-hybridized carbons (Fsp3) is 0.333. The van der Waals surface area contributed by atoms with Crippen molar-refractivity contribution in [3.05, 3.63) is 41.0 Å². The van der Waals surface area contributed by atoms with Crippen molar-refractivity contribution in [2.24, 2.45) is 0 Å². The van der Waals surface area contributed by atoms with E-state index in [0.29, 0.717) is 22.8 Å². The molecule has 0 fully saturated rings. The highest BCUT2D eigenvalue weighted by Gasteiger charge is 2.20. The van der Waals surface area contributed by atoms with Crippen molar-refractivity contribution in [2.75, 3.05) is 0 Å². The molecule has 22 heavy (non-hydrogen) atoms. The van der Waals surface area contributed by atoms with Crippen molar-refractivity contribution in [1.82, 2.24) is 14.9 Å². The lowest BCUT2D eigenvalue weighted by atomic mass is 10.1. The molecule has 0 atom stereocenters. The minimum absolute atomic E-state index is 0.173. The second-order valence-corrected chi connectivity index (χ2v) is 7.26. The number of halogens is 1. The third kappa shape index (κ3) is 3.82. The van der Waals surface area contributed by atoms with Crippen LogP contribution in [0.1, 0.15) is 26.3 Å². The Morgan fingerprint density at radius 2 is 1.91 bits per heavy atom. The lowest BCUT2D eigenvalue weighted by Gasteiger charge is -2.14. The van der Waals surface area contributed by atoms with Crippen LogP contribution in [0, 0.1) is 0 Å². The molecule has 0 saturated carbocycles. The van der Waals surface area contributed by atoms with E-state index in [1.54, 1.807) is 38.1 Å². The standard InChI is InChI=1S/C15H18ClN3O2S/c1-4-11-5-6-12(13-7-8-15(16)18-17-13)9-14(11)22(20,21)19-10(2)3/h5-10,19H,4H2,1-3H3. The monoisotopic (exact) mass is 339 g/mol. The van der Waals surface area contributed by atoms with Gasteiger partial charge in [-0.3, -0.25) is 0 Å². The van der Waals surface area contributed by atoms with Gasteiger partial charge in [0.15, 0.2) is 5.15 Å². The Hall–Kier alpha value is -1.50. The van der Waals surface area contributed by atoms with Crippen LogP contribution in [0.3, 0.4) is 0 Å². The van der Waals surface area contributed by atoms with Crippen molar-refractivity contribution in [2.45, 2.75) is 38.1 Å². The van der Waals surface area contributed by atoms with Gasteiger partial charge in [-0.2, -0.15) is 0 Å². The van der Waals surface area contributed by atoms with Gasteiger partial charge < -0.3 is 0 Å². The molecule has 1 aromatic carbocycles. The number of hydrogen-bond acceptors (Lipinski definition) is 4. The highest BCUT2D eigenvalue weighted by atomic mass is 35.5. The van der Waals surface area contributed by atoms with Gasteiger partial charge in [0.25, 0.3) is 0 Å². The van der Waals surface area contributed by atoms with Crippen LogP contribution in [-0.4, -0.2) is 24.7 Å². The molecule has 0 spiro atoms. The summed E-state index contributed by atoms with van der Waals surface area (Å²) in [4.78, 5) is 0.276. The first-order valence-corrected chi connectivity index (χ1v) is 8.84. The summed E-state index contributed by atoms with van der Waals surface area (Å²) in [6.07, 6.45) is 0.626. The summed E-state index contributed by atoms with van der Waals surface area (Å²) >= 11 is 5.73. The maximum Gasteiger partial charge on any atom is 0.241 e. The zero-order valence-electron chi connectivity index (χ0n) is 12.7. The number of benzene rings is 1. The first-order chi connectivity index (χ1) is 10.3. The van der Waals surface area contributed by atoms with Crippen LogP contribution >= 0.6 is 11.6 Å². The Balaban J connectivity index is 2.53. The summed E-state index contributed by atoms with van der Waals surface area (Å²) in [5, 5.41) is 8.07. The third-order valence-electron chi connectivity index (χ3n) is 3.06. The van der Waals surface area contributed by atoms with Crippen LogP contribution in [0.2, 0.25) is 5.15 Å². The molecule has 1 aromatic heterocycles. The Kier molecular flexibility index (Phi) is 5.16. The summed E-state index contributed by atoms with van der Waals surface area (Å²) in [6, 6.07) is 8.43. The number of hydrogen-bond donors (Lipinski definition) is 1. The van der Waals surface area contributed by atoms with Crippen LogP contribution < -0.4 is 4.72 Å². The molecule has 0 aliphatic heterocycles. The maximum atomic E-state index is 12.5. The second kappa shape index (κ2) is 6.73. The van der Waals surface area contributed by atoms with E-state index in [9.17, 15) is 8.42 Å². The molecule has 0 aliphatic carbocycles. The van der Waals surface area contributed by atoms with Gasteiger partial charge in [-0.15, -0.1) is 10.2 Å². The summed E-state index contributed by atoms with van der Waals surface area (Å²) < 4.78 is 27.6. The number of rotatable bonds is 5. The number of aromatic nitrogens is 2. The van der Waals surface area contributed by atoms with Crippen molar-refractivity contribution in [1.29, 1.82) is 0 Å². The maximum absolute atomic E-state index is 12.5.